The molecule has 0 saturated carbocycles. The third-order valence-corrected chi connectivity index (χ3v) is 13.5. The van der Waals surface area contributed by atoms with Crippen LogP contribution in [0.15, 0.2) is 93.9 Å². The molecule has 0 radical (unpaired) electrons. The molecule has 4 aromatic carbocycles. The minimum absolute atomic E-state index is 0.174. The second kappa shape index (κ2) is 19.1. The van der Waals surface area contributed by atoms with Gasteiger partial charge in [-0.1, -0.05) is 68.3 Å². The second-order valence-corrected chi connectivity index (χ2v) is 18.8. The molecule has 2 aliphatic heterocycles. The van der Waals surface area contributed by atoms with E-state index in [1.54, 1.807) is 24.3 Å². The summed E-state index contributed by atoms with van der Waals surface area (Å²) in [5.74, 6) is -5.57. The van der Waals surface area contributed by atoms with E-state index in [1.807, 2.05) is 0 Å². The first-order valence-corrected chi connectivity index (χ1v) is 22.6. The summed E-state index contributed by atoms with van der Waals surface area (Å²) in [5.41, 5.74) is -1.62. The van der Waals surface area contributed by atoms with E-state index in [1.165, 1.54) is 36.4 Å². The van der Waals surface area contributed by atoms with Gasteiger partial charge in [0.05, 0.1) is 6.10 Å². The van der Waals surface area contributed by atoms with Crippen LogP contribution in [0.5, 0.6) is 0 Å². The van der Waals surface area contributed by atoms with Crippen LogP contribution < -0.4 is 10.6 Å². The molecule has 0 bridgehead atoms. The number of hydrogen-bond acceptors (Lipinski definition) is 8. The lowest BCUT2D eigenvalue weighted by Crippen LogP contribution is -2.51. The van der Waals surface area contributed by atoms with Gasteiger partial charge in [0.1, 0.15) is 42.3 Å². The highest BCUT2D eigenvalue weighted by atomic mass is 79.9. The molecule has 4 aromatic rings. The summed E-state index contributed by atoms with van der Waals surface area (Å²) in [4.78, 5) is 92.7. The number of nitrogens with zero attached hydrogens (tertiary/aromatic N) is 4. The van der Waals surface area contributed by atoms with Gasteiger partial charge in [0.25, 0.3) is 11.8 Å². The predicted octanol–water partition coefficient (Wildman–Crippen LogP) is 7.65. The Morgan fingerprint density at radius 3 is 1.54 bits per heavy atom. The third-order valence-electron chi connectivity index (χ3n) is 12.5. The highest BCUT2D eigenvalue weighted by molar-refractivity contribution is 9.10. The fourth-order valence-corrected chi connectivity index (χ4v) is 9.42. The number of urea groups is 2. The lowest BCUT2D eigenvalue weighted by molar-refractivity contribution is -0.187. The molecule has 8 amide bonds. The van der Waals surface area contributed by atoms with Crippen molar-refractivity contribution < 1.29 is 73.8 Å². The summed E-state index contributed by atoms with van der Waals surface area (Å²) in [6.45, 7) is -1.37. The van der Waals surface area contributed by atoms with Gasteiger partial charge in [0.15, 0.2) is 11.3 Å². The average Bonchev–Trinajstić information content (AvgIpc) is 3.90. The van der Waals surface area contributed by atoms with Crippen LogP contribution in [-0.4, -0.2) is 104 Å². The first-order chi connectivity index (χ1) is 32.7. The molecule has 14 nitrogen and oxygen atoms in total. The predicted molar refractivity (Wildman–Crippen MR) is 236 cm³/mol. The number of ketones is 1. The molecule has 3 N–H and O–H groups in total. The summed E-state index contributed by atoms with van der Waals surface area (Å²) in [7, 11) is 0. The van der Waals surface area contributed by atoms with Crippen molar-refractivity contribution in [3.05, 3.63) is 139 Å². The van der Waals surface area contributed by atoms with Crippen molar-refractivity contribution in [2.45, 2.75) is 81.4 Å². The fraction of sp³-hybridized carbons (Fsp3) is 0.326. The van der Waals surface area contributed by atoms with Gasteiger partial charge in [-0.2, -0.15) is 26.3 Å². The maximum atomic E-state index is 13.5. The number of halogens is 10. The van der Waals surface area contributed by atoms with Crippen molar-refractivity contribution >= 4 is 73.3 Å². The van der Waals surface area contributed by atoms with Gasteiger partial charge in [-0.3, -0.25) is 33.8 Å². The Hall–Kier alpha value is -6.27. The summed E-state index contributed by atoms with van der Waals surface area (Å²) in [6, 6.07) is 12.1. The zero-order valence-electron chi connectivity index (χ0n) is 36.4. The molecule has 370 valence electrons. The SMILES string of the molecule is C[C@H](N(Cc1ccc(F)cc1)C(=O)CN1C(=O)NC2(CC(=O)c3cc(Br)ccc32)C1=O)C(F)(F)F.C[C@H](N(Cc1ccc(F)cc1)C(=O)CN1C(=O)NC2(CC(O)c3cc(Br)ccc32)C1=O)C(F)(F)F. The minimum atomic E-state index is -4.79. The molecule has 2 saturated heterocycles. The van der Waals surface area contributed by atoms with E-state index in [-0.39, 0.29) is 35.1 Å². The number of rotatable bonds is 10. The van der Waals surface area contributed by atoms with Crippen molar-refractivity contribution in [2.24, 2.45) is 0 Å². The molecule has 2 aliphatic carbocycles. The Kier molecular flexibility index (Phi) is 14.1. The average molecular weight is 1110 g/mol. The van der Waals surface area contributed by atoms with Crippen LogP contribution in [0.1, 0.15) is 71.0 Å². The molecule has 24 heteroatoms. The first kappa shape index (κ1) is 51.6. The molecule has 0 aromatic heterocycles. The van der Waals surface area contributed by atoms with Gasteiger partial charge >= 0.3 is 24.4 Å². The number of aliphatic hydroxyl groups excluding tert-OH is 1. The Labute approximate surface area is 409 Å². The van der Waals surface area contributed by atoms with E-state index in [0.29, 0.717) is 39.7 Å². The molecule has 70 heavy (non-hydrogen) atoms. The van der Waals surface area contributed by atoms with E-state index in [4.69, 9.17) is 0 Å². The van der Waals surface area contributed by atoms with E-state index in [2.05, 4.69) is 42.5 Å². The zero-order valence-corrected chi connectivity index (χ0v) is 39.6. The van der Waals surface area contributed by atoms with E-state index in [0.717, 1.165) is 38.1 Å². The number of carbonyl (C=O) groups is 7. The fourth-order valence-electron chi connectivity index (χ4n) is 8.68. The molecule has 2 spiro atoms. The number of nitrogens with one attached hydrogen (secondary N) is 2. The highest BCUT2D eigenvalue weighted by Gasteiger charge is 2.60. The van der Waals surface area contributed by atoms with Crippen molar-refractivity contribution in [2.75, 3.05) is 13.1 Å². The number of carbonyl (C=O) groups excluding carboxylic acids is 7. The van der Waals surface area contributed by atoms with E-state index < -0.39 is 121 Å². The number of amides is 8. The van der Waals surface area contributed by atoms with Gasteiger partial charge in [0.2, 0.25) is 11.8 Å². The lowest BCUT2D eigenvalue weighted by Gasteiger charge is -2.32. The van der Waals surface area contributed by atoms with Gasteiger partial charge in [0, 0.05) is 40.4 Å². The first-order valence-electron chi connectivity index (χ1n) is 21.0. The Bertz CT molecular complexity index is 2800. The highest BCUT2D eigenvalue weighted by Crippen LogP contribution is 2.48. The Morgan fingerprint density at radius 1 is 0.671 bits per heavy atom. The smallest absolute Gasteiger partial charge is 0.388 e. The van der Waals surface area contributed by atoms with Crippen molar-refractivity contribution in [1.82, 2.24) is 30.2 Å². The molecule has 8 rings (SSSR count). The number of fused-ring (bicyclic) bond motifs is 4. The Morgan fingerprint density at radius 2 is 1.09 bits per heavy atom. The van der Waals surface area contributed by atoms with Crippen LogP contribution >= 0.6 is 31.9 Å². The summed E-state index contributed by atoms with van der Waals surface area (Å²) < 4.78 is 109. The Balaban J connectivity index is 0.000000206. The second-order valence-electron chi connectivity index (χ2n) is 16.9. The number of benzene rings is 4. The maximum Gasteiger partial charge on any atom is 0.408 e. The van der Waals surface area contributed by atoms with Gasteiger partial charge in [-0.05, 0) is 90.2 Å². The monoisotopic (exact) mass is 1110 g/mol. The molecule has 2 heterocycles. The van der Waals surface area contributed by atoms with Crippen LogP contribution in [0.4, 0.5) is 44.7 Å². The summed E-state index contributed by atoms with van der Waals surface area (Å²) >= 11 is 6.52. The van der Waals surface area contributed by atoms with Crippen LogP contribution in [0.25, 0.3) is 0 Å². The molecular weight excluding hydrogens is 1080 g/mol. The molecular formula is C46H38Br2F8N6O8. The lowest BCUT2D eigenvalue weighted by atomic mass is 9.92. The standard InChI is InChI=1S/C23H20BrF4N3O4.C23H18BrF4N3O4/c2*1-12(23(26,27)28)30(10-13-2-5-15(25)6-3-13)19(33)11-31-20(34)22(29-21(31)35)9-18(32)16-8-14(24)4-7-17(16)22/h2-8,12,18,32H,9-11H2,1H3,(H,29,35);2-8,12H,9-11H2,1H3,(H,29,35)/t12-,18?,22?;12-,22?/m00/s1. The molecule has 4 aliphatic rings. The van der Waals surface area contributed by atoms with Crippen LogP contribution in [0.2, 0.25) is 0 Å². The number of hydrogen-bond donors (Lipinski definition) is 3. The normalized spacial score (nSPS) is 21.3. The molecule has 3 unspecified atom stereocenters. The van der Waals surface area contributed by atoms with Gasteiger partial charge in [-0.25, -0.2) is 18.4 Å². The zero-order chi connectivity index (χ0) is 51.4. The summed E-state index contributed by atoms with van der Waals surface area (Å²) in [5, 5.41) is 15.5. The van der Waals surface area contributed by atoms with Crippen LogP contribution in [0, 0.1) is 11.6 Å². The third kappa shape index (κ3) is 9.89. The topological polar surface area (TPSA) is 177 Å². The molecule has 2 fully saturated rings. The van der Waals surface area contributed by atoms with Crippen molar-refractivity contribution in [3.63, 3.8) is 0 Å². The van der Waals surface area contributed by atoms with Crippen molar-refractivity contribution in [3.8, 4) is 0 Å². The minimum Gasteiger partial charge on any atom is -0.388 e. The van der Waals surface area contributed by atoms with Crippen molar-refractivity contribution in [1.29, 1.82) is 0 Å². The largest absolute Gasteiger partial charge is 0.408 e. The van der Waals surface area contributed by atoms with Crippen LogP contribution in [0.3, 0.4) is 0 Å². The van der Waals surface area contributed by atoms with E-state index >= 15 is 0 Å². The number of aliphatic hydroxyl groups is 1. The molecule has 5 atom stereocenters. The van der Waals surface area contributed by atoms with Gasteiger partial charge < -0.3 is 25.5 Å². The number of alkyl halides is 6. The number of imide groups is 2. The number of Topliss-reactive ketones (excluding diaryl/α,β-unsaturated/α-hetero) is 1. The van der Waals surface area contributed by atoms with Gasteiger partial charge in [-0.15, -0.1) is 0 Å². The van der Waals surface area contributed by atoms with Crippen LogP contribution in [-0.2, 0) is 43.3 Å². The summed E-state index contributed by atoms with van der Waals surface area (Å²) in [6.07, 6.45) is -11.2. The van der Waals surface area contributed by atoms with E-state index in [9.17, 15) is 73.8 Å². The maximum absolute atomic E-state index is 13.5. The quantitative estimate of drug-likeness (QED) is 0.107.